The van der Waals surface area contributed by atoms with Crippen molar-refractivity contribution in [2.75, 3.05) is 6.61 Å². The Balaban J connectivity index is 2.46. The maximum atomic E-state index is 12.0. The van der Waals surface area contributed by atoms with Crippen molar-refractivity contribution < 1.29 is 14.3 Å². The van der Waals surface area contributed by atoms with Gasteiger partial charge in [-0.3, -0.25) is 4.99 Å². The molecule has 0 heterocycles. The molecule has 1 saturated carbocycles. The number of carbonyl (C=O) groups is 1. The molecule has 4 nitrogen and oxygen atoms in total. The second-order valence-corrected chi connectivity index (χ2v) is 5.69. The molecule has 0 aromatic rings. The van der Waals surface area contributed by atoms with E-state index in [1.807, 2.05) is 20.8 Å². The summed E-state index contributed by atoms with van der Waals surface area (Å²) in [5, 5.41) is 0. The Morgan fingerprint density at radius 2 is 2.00 bits per heavy atom. The molecule has 0 radical (unpaired) electrons. The number of aliphatic imine (C=N–C) groups is 1. The molecule has 18 heavy (non-hydrogen) atoms. The van der Waals surface area contributed by atoms with Gasteiger partial charge in [0, 0.05) is 0 Å². The van der Waals surface area contributed by atoms with Gasteiger partial charge in [-0.25, -0.2) is 4.79 Å². The van der Waals surface area contributed by atoms with E-state index < -0.39 is 6.04 Å². The summed E-state index contributed by atoms with van der Waals surface area (Å²) in [4.78, 5) is 16.1. The first-order chi connectivity index (χ1) is 8.42. The Morgan fingerprint density at radius 1 is 1.39 bits per heavy atom. The van der Waals surface area contributed by atoms with E-state index in [1.165, 1.54) is 0 Å². The number of hydrogen-bond donors (Lipinski definition) is 0. The first-order valence-electron chi connectivity index (χ1n) is 6.74. The van der Waals surface area contributed by atoms with Crippen LogP contribution in [0.3, 0.4) is 0 Å². The lowest BCUT2D eigenvalue weighted by Crippen LogP contribution is -2.33. The fourth-order valence-corrected chi connectivity index (χ4v) is 1.93. The summed E-state index contributed by atoms with van der Waals surface area (Å²) in [6, 6.07) is -0.533. The van der Waals surface area contributed by atoms with Crippen LogP contribution in [0.5, 0.6) is 0 Å². The smallest absolute Gasteiger partial charge is 0.333 e. The number of nitrogens with zero attached hydrogens (tertiary/aromatic N) is 1. The number of ether oxygens (including phenoxy) is 2. The van der Waals surface area contributed by atoms with E-state index >= 15 is 0 Å². The van der Waals surface area contributed by atoms with Crippen LogP contribution in [0, 0.1) is 0 Å². The number of rotatable bonds is 5. The Hall–Kier alpha value is -0.900. The van der Waals surface area contributed by atoms with Crippen molar-refractivity contribution in [1.82, 2.24) is 0 Å². The lowest BCUT2D eigenvalue weighted by molar-refractivity contribution is -0.153. The first-order valence-corrected chi connectivity index (χ1v) is 6.74. The maximum absolute atomic E-state index is 12.0. The van der Waals surface area contributed by atoms with Crippen LogP contribution >= 0.6 is 0 Å². The van der Waals surface area contributed by atoms with Gasteiger partial charge in [0.25, 0.3) is 0 Å². The molecule has 0 aromatic heterocycles. The van der Waals surface area contributed by atoms with E-state index in [2.05, 4.69) is 4.99 Å². The molecule has 1 aliphatic carbocycles. The van der Waals surface area contributed by atoms with Crippen LogP contribution in [0.15, 0.2) is 4.99 Å². The molecular formula is C14H25NO3. The minimum absolute atomic E-state index is 0.0849. The number of carbonyl (C=O) groups excluding carboxylic acids is 1. The molecule has 0 aromatic carbocycles. The fourth-order valence-electron chi connectivity index (χ4n) is 1.93. The molecule has 1 aliphatic rings. The van der Waals surface area contributed by atoms with Gasteiger partial charge in [0.1, 0.15) is 6.10 Å². The van der Waals surface area contributed by atoms with Crippen LogP contribution in [-0.2, 0) is 14.3 Å². The summed E-state index contributed by atoms with van der Waals surface area (Å²) >= 11 is 0. The molecule has 1 atom stereocenters. The average Bonchev–Trinajstić information content (AvgIpc) is 2.75. The molecule has 0 aliphatic heterocycles. The number of esters is 1. The van der Waals surface area contributed by atoms with Crippen molar-refractivity contribution in [3.8, 4) is 0 Å². The van der Waals surface area contributed by atoms with Crippen molar-refractivity contribution in [3.63, 3.8) is 0 Å². The van der Waals surface area contributed by atoms with Gasteiger partial charge in [-0.15, -0.1) is 0 Å². The van der Waals surface area contributed by atoms with E-state index in [9.17, 15) is 4.79 Å². The standard InChI is InChI=1S/C14H25NO3/c1-5-15-12(10-17-14(2,3)4)13(16)18-11-8-6-7-9-11/h5,11-12H,6-10H2,1-4H3/t12-/m0/s1. The zero-order valence-corrected chi connectivity index (χ0v) is 11.9. The van der Waals surface area contributed by atoms with Crippen LogP contribution < -0.4 is 0 Å². The third-order valence-corrected chi connectivity index (χ3v) is 2.86. The van der Waals surface area contributed by atoms with Crippen LogP contribution in [-0.4, -0.2) is 36.5 Å². The lowest BCUT2D eigenvalue weighted by atomic mass is 10.2. The molecule has 1 rings (SSSR count). The summed E-state index contributed by atoms with van der Waals surface area (Å²) in [7, 11) is 0. The second-order valence-electron chi connectivity index (χ2n) is 5.69. The molecule has 4 heteroatoms. The number of hydrogen-bond acceptors (Lipinski definition) is 4. The van der Waals surface area contributed by atoms with Crippen molar-refractivity contribution in [1.29, 1.82) is 0 Å². The van der Waals surface area contributed by atoms with Gasteiger partial charge in [0.15, 0.2) is 6.04 Å². The Bertz CT molecular complexity index is 288. The third kappa shape index (κ3) is 5.63. The van der Waals surface area contributed by atoms with Crippen LogP contribution in [0.4, 0.5) is 0 Å². The summed E-state index contributed by atoms with van der Waals surface area (Å²) in [5.74, 6) is -0.260. The largest absolute Gasteiger partial charge is 0.461 e. The van der Waals surface area contributed by atoms with Crippen molar-refractivity contribution in [2.24, 2.45) is 4.99 Å². The monoisotopic (exact) mass is 255 g/mol. The molecule has 0 spiro atoms. The Kier molecular flexibility index (Phi) is 5.79. The van der Waals surface area contributed by atoms with Crippen molar-refractivity contribution in [2.45, 2.75) is 71.1 Å². The first kappa shape index (κ1) is 15.2. The lowest BCUT2D eigenvalue weighted by Gasteiger charge is -2.22. The van der Waals surface area contributed by atoms with Crippen molar-refractivity contribution >= 4 is 12.2 Å². The quantitative estimate of drug-likeness (QED) is 0.560. The topological polar surface area (TPSA) is 47.9 Å². The normalized spacial score (nSPS) is 19.3. The van der Waals surface area contributed by atoms with Gasteiger partial charge < -0.3 is 9.47 Å². The highest BCUT2D eigenvalue weighted by Gasteiger charge is 2.26. The molecule has 1 fully saturated rings. The Labute approximate surface area is 110 Å². The van der Waals surface area contributed by atoms with Gasteiger partial charge >= 0.3 is 5.97 Å². The zero-order chi connectivity index (χ0) is 13.6. The predicted octanol–water partition coefficient (Wildman–Crippen LogP) is 2.75. The molecule has 0 unspecified atom stereocenters. The summed E-state index contributed by atoms with van der Waals surface area (Å²) in [6.45, 7) is 7.96. The van der Waals surface area contributed by atoms with E-state index in [4.69, 9.17) is 9.47 Å². The van der Waals surface area contributed by atoms with Crippen LogP contribution in [0.25, 0.3) is 0 Å². The highest BCUT2D eigenvalue weighted by molar-refractivity contribution is 5.78. The van der Waals surface area contributed by atoms with Crippen molar-refractivity contribution in [3.05, 3.63) is 0 Å². The van der Waals surface area contributed by atoms with Gasteiger partial charge in [-0.1, -0.05) is 0 Å². The third-order valence-electron chi connectivity index (χ3n) is 2.86. The minimum atomic E-state index is -0.533. The molecule has 104 valence electrons. The molecule has 0 saturated heterocycles. The van der Waals surface area contributed by atoms with Gasteiger partial charge in [0.05, 0.1) is 12.2 Å². The van der Waals surface area contributed by atoms with Crippen LogP contribution in [0.2, 0.25) is 0 Å². The molecule has 0 amide bonds. The SMILES string of the molecule is CC=N[C@@H](COC(C)(C)C)C(=O)OC1CCCC1. The van der Waals surface area contributed by atoms with E-state index in [0.29, 0.717) is 0 Å². The van der Waals surface area contributed by atoms with E-state index in [0.717, 1.165) is 25.7 Å². The molecule has 0 bridgehead atoms. The Morgan fingerprint density at radius 3 is 2.50 bits per heavy atom. The van der Waals surface area contributed by atoms with Crippen LogP contribution in [0.1, 0.15) is 53.4 Å². The van der Waals surface area contributed by atoms with Gasteiger partial charge in [-0.05, 0) is 59.6 Å². The fraction of sp³-hybridized carbons (Fsp3) is 0.857. The minimum Gasteiger partial charge on any atom is -0.461 e. The second kappa shape index (κ2) is 6.88. The molecular weight excluding hydrogens is 230 g/mol. The summed E-state index contributed by atoms with van der Waals surface area (Å²) in [5.41, 5.74) is -0.269. The average molecular weight is 255 g/mol. The maximum Gasteiger partial charge on any atom is 0.333 e. The molecule has 0 N–H and O–H groups in total. The predicted molar refractivity (Wildman–Crippen MR) is 72.0 cm³/mol. The zero-order valence-electron chi connectivity index (χ0n) is 11.9. The van der Waals surface area contributed by atoms with Gasteiger partial charge in [-0.2, -0.15) is 0 Å². The van der Waals surface area contributed by atoms with E-state index in [1.54, 1.807) is 13.1 Å². The van der Waals surface area contributed by atoms with Gasteiger partial charge in [0.2, 0.25) is 0 Å². The van der Waals surface area contributed by atoms with E-state index in [-0.39, 0.29) is 24.3 Å². The highest BCUT2D eigenvalue weighted by Crippen LogP contribution is 2.21. The summed E-state index contributed by atoms with van der Waals surface area (Å²) in [6.07, 6.45) is 5.98. The highest BCUT2D eigenvalue weighted by atomic mass is 16.6. The summed E-state index contributed by atoms with van der Waals surface area (Å²) < 4.78 is 11.1.